The van der Waals surface area contributed by atoms with Crippen molar-refractivity contribution in [3.05, 3.63) is 24.3 Å². The van der Waals surface area contributed by atoms with Gasteiger partial charge in [0.15, 0.2) is 12.2 Å². The van der Waals surface area contributed by atoms with Crippen LogP contribution in [0, 0.1) is 0 Å². The third-order valence-corrected chi connectivity index (χ3v) is 2.62. The van der Waals surface area contributed by atoms with Crippen molar-refractivity contribution in [3.8, 4) is 0 Å². The van der Waals surface area contributed by atoms with Gasteiger partial charge >= 0.3 is 24.2 Å². The third-order valence-electron chi connectivity index (χ3n) is 2.62. The van der Waals surface area contributed by atoms with E-state index in [0.29, 0.717) is 5.57 Å². The Labute approximate surface area is 155 Å². The predicted octanol–water partition coefficient (Wildman–Crippen LogP) is 0.802. The van der Waals surface area contributed by atoms with E-state index in [9.17, 15) is 19.2 Å². The van der Waals surface area contributed by atoms with Crippen LogP contribution in [0.3, 0.4) is 0 Å². The molecule has 2 atom stereocenters. The summed E-state index contributed by atoms with van der Waals surface area (Å²) in [5, 5.41) is 16.2. The molecule has 11 nitrogen and oxygen atoms in total. The number of carboxylic acids is 1. The highest BCUT2D eigenvalue weighted by atomic mass is 16.8. The van der Waals surface area contributed by atoms with Gasteiger partial charge < -0.3 is 33.9 Å². The molecule has 0 bridgehead atoms. The van der Waals surface area contributed by atoms with Crippen molar-refractivity contribution >= 4 is 24.2 Å². The molecule has 0 aromatic heterocycles. The Kier molecular flexibility index (Phi) is 10.9. The van der Waals surface area contributed by atoms with Crippen molar-refractivity contribution in [3.63, 3.8) is 0 Å². The monoisotopic (exact) mass is 390 g/mol. The van der Waals surface area contributed by atoms with E-state index in [1.807, 2.05) is 0 Å². The average Bonchev–Trinajstić information content (AvgIpc) is 3.21. The summed E-state index contributed by atoms with van der Waals surface area (Å²) in [5.41, 5.74) is 0.486. The maximum absolute atomic E-state index is 10.9. The molecule has 2 rings (SSSR count). The summed E-state index contributed by atoms with van der Waals surface area (Å²) in [6.07, 6.45) is -2.35. The minimum Gasteiger partial charge on any atom is -0.478 e. The molecule has 11 heteroatoms. The van der Waals surface area contributed by atoms with Crippen LogP contribution < -0.4 is 0 Å². The topological polar surface area (TPSA) is 155 Å². The van der Waals surface area contributed by atoms with Crippen LogP contribution in [0.4, 0.5) is 9.59 Å². The minimum atomic E-state index is -0.935. The van der Waals surface area contributed by atoms with Crippen molar-refractivity contribution in [1.82, 2.24) is 0 Å². The Hall–Kier alpha value is -3.08. The summed E-state index contributed by atoms with van der Waals surface area (Å²) in [6, 6.07) is 0. The number of ether oxygens (including phenoxy) is 5. The van der Waals surface area contributed by atoms with Crippen LogP contribution in [-0.2, 0) is 33.3 Å². The van der Waals surface area contributed by atoms with Crippen molar-refractivity contribution in [2.24, 2.45) is 0 Å². The van der Waals surface area contributed by atoms with E-state index in [1.165, 1.54) is 6.92 Å². The largest absolute Gasteiger partial charge is 0.508 e. The number of rotatable bonds is 5. The van der Waals surface area contributed by atoms with E-state index in [0.717, 1.165) is 0 Å². The van der Waals surface area contributed by atoms with Crippen LogP contribution in [0.25, 0.3) is 0 Å². The standard InChI is InChI=1S/C8H10O5.C4H6O4.C4H6O2/c1-5(2)7(9)11-3-6-4-12-8(10)13-6;5-1-3-2-7-4(6)8-3;1-3(2)4(5)6/h6H,1,3-4H2,2H3;3,5H,1-2H2;1H2,2H3,(H,5,6). The molecule has 2 N–H and O–H groups in total. The molecule has 0 aromatic rings. The lowest BCUT2D eigenvalue weighted by Crippen LogP contribution is -2.20. The average molecular weight is 390 g/mol. The number of hydrogen-bond acceptors (Lipinski definition) is 10. The molecule has 152 valence electrons. The second-order valence-corrected chi connectivity index (χ2v) is 5.25. The van der Waals surface area contributed by atoms with Crippen LogP contribution in [0.1, 0.15) is 13.8 Å². The van der Waals surface area contributed by atoms with Crippen molar-refractivity contribution in [1.29, 1.82) is 0 Å². The van der Waals surface area contributed by atoms with Gasteiger partial charge in [-0.2, -0.15) is 0 Å². The van der Waals surface area contributed by atoms with Crippen LogP contribution in [0.15, 0.2) is 24.3 Å². The summed E-state index contributed by atoms with van der Waals surface area (Å²) < 4.78 is 22.6. The van der Waals surface area contributed by atoms with Crippen LogP contribution in [-0.4, -0.2) is 73.1 Å². The molecule has 2 unspecified atom stereocenters. The zero-order valence-electron chi connectivity index (χ0n) is 15.0. The van der Waals surface area contributed by atoms with Gasteiger partial charge in [-0.25, -0.2) is 19.2 Å². The predicted molar refractivity (Wildman–Crippen MR) is 87.8 cm³/mol. The first kappa shape index (κ1) is 23.9. The molecule has 2 fully saturated rings. The molecule has 0 saturated carbocycles. The molecule has 27 heavy (non-hydrogen) atoms. The minimum absolute atomic E-state index is 0.0113. The zero-order chi connectivity index (χ0) is 21.0. The number of carboxylic acid groups (broad SMARTS) is 1. The molecular formula is C16H22O11. The highest BCUT2D eigenvalue weighted by Gasteiger charge is 2.26. The quantitative estimate of drug-likeness (QED) is 0.389. The van der Waals surface area contributed by atoms with Crippen LogP contribution in [0.2, 0.25) is 0 Å². The fourth-order valence-electron chi connectivity index (χ4n) is 1.19. The molecule has 2 aliphatic heterocycles. The summed E-state index contributed by atoms with van der Waals surface area (Å²) in [4.78, 5) is 41.0. The molecule has 0 spiro atoms. The molecule has 0 aliphatic carbocycles. The second-order valence-electron chi connectivity index (χ2n) is 5.25. The molecular weight excluding hydrogens is 368 g/mol. The Balaban J connectivity index is 0.000000413. The Morgan fingerprint density at radius 1 is 1.04 bits per heavy atom. The van der Waals surface area contributed by atoms with Gasteiger partial charge in [-0.05, 0) is 13.8 Å². The lowest BCUT2D eigenvalue weighted by molar-refractivity contribution is -0.141. The molecule has 0 aromatic carbocycles. The van der Waals surface area contributed by atoms with E-state index >= 15 is 0 Å². The molecule has 2 heterocycles. The van der Waals surface area contributed by atoms with Crippen molar-refractivity contribution < 1.29 is 53.1 Å². The van der Waals surface area contributed by atoms with Crippen molar-refractivity contribution in [2.75, 3.05) is 26.4 Å². The number of cyclic esters (lactones) is 4. The van der Waals surface area contributed by atoms with E-state index in [4.69, 9.17) is 14.9 Å². The number of aliphatic hydroxyl groups excluding tert-OH is 1. The van der Waals surface area contributed by atoms with Gasteiger partial charge in [0.25, 0.3) is 0 Å². The fraction of sp³-hybridized carbons (Fsp3) is 0.500. The summed E-state index contributed by atoms with van der Waals surface area (Å²) >= 11 is 0. The zero-order valence-corrected chi connectivity index (χ0v) is 15.0. The number of carbonyl (C=O) groups excluding carboxylic acids is 3. The van der Waals surface area contributed by atoms with E-state index < -0.39 is 36.5 Å². The lowest BCUT2D eigenvalue weighted by atomic mass is 10.3. The van der Waals surface area contributed by atoms with Gasteiger partial charge in [0.2, 0.25) is 0 Å². The summed E-state index contributed by atoms with van der Waals surface area (Å²) in [7, 11) is 0. The van der Waals surface area contributed by atoms with Gasteiger partial charge in [0, 0.05) is 11.1 Å². The van der Waals surface area contributed by atoms with Gasteiger partial charge in [-0.3, -0.25) is 0 Å². The normalized spacial score (nSPS) is 19.5. The van der Waals surface area contributed by atoms with Gasteiger partial charge in [-0.15, -0.1) is 0 Å². The number of hydrogen-bond donors (Lipinski definition) is 2. The Morgan fingerprint density at radius 2 is 1.48 bits per heavy atom. The first-order valence-corrected chi connectivity index (χ1v) is 7.55. The molecule has 0 radical (unpaired) electrons. The second kappa shape index (κ2) is 12.3. The highest BCUT2D eigenvalue weighted by molar-refractivity contribution is 5.87. The van der Waals surface area contributed by atoms with E-state index in [-0.39, 0.29) is 32.0 Å². The van der Waals surface area contributed by atoms with Gasteiger partial charge in [0.05, 0.1) is 6.61 Å². The number of aliphatic hydroxyl groups is 1. The smallest absolute Gasteiger partial charge is 0.478 e. The third kappa shape index (κ3) is 11.2. The fourth-order valence-corrected chi connectivity index (χ4v) is 1.19. The SMILES string of the molecule is C=C(C)C(=O)O.C=C(C)C(=O)OCC1COC(=O)O1.O=C1OCC(CO)O1. The maximum Gasteiger partial charge on any atom is 0.508 e. The van der Waals surface area contributed by atoms with Crippen LogP contribution >= 0.6 is 0 Å². The first-order chi connectivity index (χ1) is 12.6. The lowest BCUT2D eigenvalue weighted by Gasteiger charge is -2.06. The Bertz CT molecular complexity index is 569. The number of aliphatic carboxylic acids is 1. The van der Waals surface area contributed by atoms with Gasteiger partial charge in [-0.1, -0.05) is 13.2 Å². The molecule has 0 amide bonds. The van der Waals surface area contributed by atoms with Crippen LogP contribution in [0.5, 0.6) is 0 Å². The molecule has 2 aliphatic rings. The number of esters is 1. The summed E-state index contributed by atoms with van der Waals surface area (Å²) in [6.45, 7) is 9.70. The molecule has 2 saturated heterocycles. The van der Waals surface area contributed by atoms with E-state index in [1.54, 1.807) is 6.92 Å². The van der Waals surface area contributed by atoms with Gasteiger partial charge in [0.1, 0.15) is 19.8 Å². The number of carbonyl (C=O) groups is 4. The Morgan fingerprint density at radius 3 is 1.74 bits per heavy atom. The highest BCUT2D eigenvalue weighted by Crippen LogP contribution is 2.07. The van der Waals surface area contributed by atoms with Crippen molar-refractivity contribution in [2.45, 2.75) is 26.1 Å². The van der Waals surface area contributed by atoms with E-state index in [2.05, 4.69) is 32.1 Å². The first-order valence-electron chi connectivity index (χ1n) is 7.55. The summed E-state index contributed by atoms with van der Waals surface area (Å²) in [5.74, 6) is -1.43. The maximum atomic E-state index is 10.9.